The third-order valence-corrected chi connectivity index (χ3v) is 3.23. The normalized spacial score (nSPS) is 10.2. The van der Waals surface area contributed by atoms with Crippen molar-refractivity contribution in [1.29, 1.82) is 0 Å². The number of urea groups is 1. The number of carbonyl (C=O) groups is 2. The summed E-state index contributed by atoms with van der Waals surface area (Å²) in [6.45, 7) is 3.65. The highest BCUT2D eigenvalue weighted by molar-refractivity contribution is 9.10. The zero-order valence-corrected chi connectivity index (χ0v) is 14.5. The van der Waals surface area contributed by atoms with Crippen LogP contribution in [-0.2, 0) is 9.53 Å². The molecule has 0 unspecified atom stereocenters. The highest BCUT2D eigenvalue weighted by Crippen LogP contribution is 2.28. The van der Waals surface area contributed by atoms with Crippen LogP contribution in [0.1, 0.15) is 19.8 Å². The van der Waals surface area contributed by atoms with E-state index < -0.39 is 12.0 Å². The van der Waals surface area contributed by atoms with Crippen molar-refractivity contribution in [3.63, 3.8) is 0 Å². The second kappa shape index (κ2) is 10.8. The van der Waals surface area contributed by atoms with Gasteiger partial charge in [-0.3, -0.25) is 4.79 Å². The third-order valence-electron chi connectivity index (χ3n) is 2.73. The molecule has 0 atom stereocenters. The summed E-state index contributed by atoms with van der Waals surface area (Å²) in [5, 5.41) is 13.8. The molecule has 0 saturated carbocycles. The maximum absolute atomic E-state index is 11.8. The van der Waals surface area contributed by atoms with E-state index in [1.165, 1.54) is 0 Å². The first kappa shape index (κ1) is 19.2. The van der Waals surface area contributed by atoms with Gasteiger partial charge in [0.2, 0.25) is 0 Å². The van der Waals surface area contributed by atoms with E-state index in [4.69, 9.17) is 14.6 Å². The lowest BCUT2D eigenvalue weighted by molar-refractivity contribution is -0.137. The molecule has 8 heteroatoms. The van der Waals surface area contributed by atoms with E-state index >= 15 is 0 Å². The number of carbonyl (C=O) groups excluding carboxylic acids is 1. The predicted octanol–water partition coefficient (Wildman–Crippen LogP) is 2.85. The molecule has 0 radical (unpaired) electrons. The quantitative estimate of drug-likeness (QED) is 0.535. The summed E-state index contributed by atoms with van der Waals surface area (Å²) in [5.41, 5.74) is 0.520. The van der Waals surface area contributed by atoms with Gasteiger partial charge in [0.25, 0.3) is 0 Å². The van der Waals surface area contributed by atoms with Crippen molar-refractivity contribution in [2.45, 2.75) is 19.8 Å². The number of hydrogen-bond acceptors (Lipinski definition) is 4. The number of ether oxygens (including phenoxy) is 2. The Kier molecular flexibility index (Phi) is 9.08. The SMILES string of the molecule is CCOCCOc1ccc(Br)cc1NC(=O)NCCCC(=O)O. The molecule has 0 aromatic heterocycles. The molecule has 1 aromatic carbocycles. The average molecular weight is 389 g/mol. The van der Waals surface area contributed by atoms with Gasteiger partial charge in [-0.1, -0.05) is 15.9 Å². The standard InChI is InChI=1S/C15H21BrN2O5/c1-2-22-8-9-23-13-6-5-11(16)10-12(13)18-15(21)17-7-3-4-14(19)20/h5-6,10H,2-4,7-9H2,1H3,(H,19,20)(H2,17,18,21). The molecule has 0 aliphatic carbocycles. The summed E-state index contributed by atoms with van der Waals surface area (Å²) in [6, 6.07) is 4.87. The largest absolute Gasteiger partial charge is 0.489 e. The molecule has 0 heterocycles. The zero-order valence-electron chi connectivity index (χ0n) is 12.9. The first-order valence-electron chi connectivity index (χ1n) is 7.29. The molecule has 3 N–H and O–H groups in total. The van der Waals surface area contributed by atoms with E-state index in [0.29, 0.717) is 37.7 Å². The molecule has 1 aromatic rings. The third kappa shape index (κ3) is 8.41. The molecular weight excluding hydrogens is 368 g/mol. The highest BCUT2D eigenvalue weighted by atomic mass is 79.9. The number of benzene rings is 1. The van der Waals surface area contributed by atoms with Gasteiger partial charge in [0.05, 0.1) is 12.3 Å². The second-order valence-corrected chi connectivity index (χ2v) is 5.48. The number of hydrogen-bond donors (Lipinski definition) is 3. The van der Waals surface area contributed by atoms with Crippen molar-refractivity contribution in [3.8, 4) is 5.75 Å². The molecule has 0 spiro atoms. The van der Waals surface area contributed by atoms with Gasteiger partial charge in [-0.05, 0) is 31.5 Å². The zero-order chi connectivity index (χ0) is 17.1. The monoisotopic (exact) mass is 388 g/mol. The van der Waals surface area contributed by atoms with E-state index in [-0.39, 0.29) is 13.0 Å². The summed E-state index contributed by atoms with van der Waals surface area (Å²) in [5.74, 6) is -0.349. The first-order valence-corrected chi connectivity index (χ1v) is 8.09. The van der Waals surface area contributed by atoms with Crippen molar-refractivity contribution in [1.82, 2.24) is 5.32 Å². The topological polar surface area (TPSA) is 96.9 Å². The Morgan fingerprint density at radius 1 is 1.30 bits per heavy atom. The van der Waals surface area contributed by atoms with E-state index in [0.717, 1.165) is 4.47 Å². The van der Waals surface area contributed by atoms with Gasteiger partial charge in [-0.2, -0.15) is 0 Å². The number of anilines is 1. The molecule has 0 aliphatic heterocycles. The van der Waals surface area contributed by atoms with Crippen LogP contribution in [0.4, 0.5) is 10.5 Å². The molecule has 0 aliphatic rings. The molecule has 0 fully saturated rings. The fourth-order valence-corrected chi connectivity index (χ4v) is 2.05. The highest BCUT2D eigenvalue weighted by Gasteiger charge is 2.09. The minimum absolute atomic E-state index is 0.0168. The number of aliphatic carboxylic acids is 1. The van der Waals surface area contributed by atoms with E-state index in [1.807, 2.05) is 13.0 Å². The van der Waals surface area contributed by atoms with Crippen molar-refractivity contribution in [3.05, 3.63) is 22.7 Å². The van der Waals surface area contributed by atoms with Gasteiger partial charge in [0.1, 0.15) is 12.4 Å². The Balaban J connectivity index is 2.51. The van der Waals surface area contributed by atoms with E-state index in [9.17, 15) is 9.59 Å². The van der Waals surface area contributed by atoms with Crippen molar-refractivity contribution >= 4 is 33.6 Å². The molecule has 0 saturated heterocycles. The Morgan fingerprint density at radius 3 is 2.78 bits per heavy atom. The van der Waals surface area contributed by atoms with E-state index in [2.05, 4.69) is 26.6 Å². The average Bonchev–Trinajstić information content (AvgIpc) is 2.50. The van der Waals surface area contributed by atoms with Crippen LogP contribution in [0, 0.1) is 0 Å². The molecule has 1 rings (SSSR count). The second-order valence-electron chi connectivity index (χ2n) is 4.56. The van der Waals surface area contributed by atoms with Gasteiger partial charge < -0.3 is 25.2 Å². The number of carboxylic acid groups (broad SMARTS) is 1. The van der Waals surface area contributed by atoms with Crippen molar-refractivity contribution in [2.24, 2.45) is 0 Å². The number of rotatable bonds is 10. The van der Waals surface area contributed by atoms with Gasteiger partial charge in [-0.15, -0.1) is 0 Å². The van der Waals surface area contributed by atoms with Crippen LogP contribution in [0.2, 0.25) is 0 Å². The van der Waals surface area contributed by atoms with Crippen LogP contribution in [0.15, 0.2) is 22.7 Å². The minimum atomic E-state index is -0.885. The van der Waals surface area contributed by atoms with Crippen LogP contribution in [0.3, 0.4) is 0 Å². The van der Waals surface area contributed by atoms with Gasteiger partial charge >= 0.3 is 12.0 Å². The molecule has 128 valence electrons. The minimum Gasteiger partial charge on any atom is -0.489 e. The molecule has 2 amide bonds. The maximum atomic E-state index is 11.8. The van der Waals surface area contributed by atoms with Crippen molar-refractivity contribution in [2.75, 3.05) is 31.7 Å². The number of amides is 2. The van der Waals surface area contributed by atoms with Crippen LogP contribution in [0.25, 0.3) is 0 Å². The molecule has 0 bridgehead atoms. The van der Waals surface area contributed by atoms with Crippen LogP contribution in [0.5, 0.6) is 5.75 Å². The van der Waals surface area contributed by atoms with Gasteiger partial charge in [0.15, 0.2) is 0 Å². The Bertz CT molecular complexity index is 525. The van der Waals surface area contributed by atoms with Gasteiger partial charge in [0, 0.05) is 24.0 Å². The molecular formula is C15H21BrN2O5. The number of nitrogens with one attached hydrogen (secondary N) is 2. The summed E-state index contributed by atoms with van der Waals surface area (Å²) >= 11 is 3.34. The summed E-state index contributed by atoms with van der Waals surface area (Å²) in [4.78, 5) is 22.2. The van der Waals surface area contributed by atoms with E-state index in [1.54, 1.807) is 12.1 Å². The summed E-state index contributed by atoms with van der Waals surface area (Å²) in [6.07, 6.45) is 0.391. The number of halogens is 1. The molecule has 23 heavy (non-hydrogen) atoms. The Hall–Kier alpha value is -1.80. The lowest BCUT2D eigenvalue weighted by atomic mass is 10.3. The summed E-state index contributed by atoms with van der Waals surface area (Å²) in [7, 11) is 0. The Morgan fingerprint density at radius 2 is 2.09 bits per heavy atom. The smallest absolute Gasteiger partial charge is 0.319 e. The fourth-order valence-electron chi connectivity index (χ4n) is 1.69. The lowest BCUT2D eigenvalue weighted by Crippen LogP contribution is -2.30. The fraction of sp³-hybridized carbons (Fsp3) is 0.467. The predicted molar refractivity (Wildman–Crippen MR) is 90.0 cm³/mol. The Labute approximate surface area is 143 Å². The first-order chi connectivity index (χ1) is 11.0. The van der Waals surface area contributed by atoms with Crippen LogP contribution in [-0.4, -0.2) is 43.5 Å². The molecule has 7 nitrogen and oxygen atoms in total. The lowest BCUT2D eigenvalue weighted by Gasteiger charge is -2.13. The number of carboxylic acids is 1. The maximum Gasteiger partial charge on any atom is 0.319 e. The van der Waals surface area contributed by atoms with Gasteiger partial charge in [-0.25, -0.2) is 4.79 Å². The van der Waals surface area contributed by atoms with Crippen LogP contribution < -0.4 is 15.4 Å². The van der Waals surface area contributed by atoms with Crippen molar-refractivity contribution < 1.29 is 24.2 Å². The van der Waals surface area contributed by atoms with Crippen LogP contribution >= 0.6 is 15.9 Å². The summed E-state index contributed by atoms with van der Waals surface area (Å²) < 4.78 is 11.6.